The van der Waals surface area contributed by atoms with E-state index in [0.717, 1.165) is 18.8 Å². The van der Waals surface area contributed by atoms with E-state index in [2.05, 4.69) is 42.9 Å². The van der Waals surface area contributed by atoms with Crippen molar-refractivity contribution in [1.29, 1.82) is 0 Å². The molecule has 0 bridgehead atoms. The fourth-order valence-electron chi connectivity index (χ4n) is 2.19. The molecule has 0 saturated heterocycles. The molecule has 0 aliphatic heterocycles. The Balaban J connectivity index is 2.71. The van der Waals surface area contributed by atoms with E-state index in [0.29, 0.717) is 6.42 Å². The summed E-state index contributed by atoms with van der Waals surface area (Å²) in [6.45, 7) is 10.2. The highest BCUT2D eigenvalue weighted by molar-refractivity contribution is 5.00. The van der Waals surface area contributed by atoms with Gasteiger partial charge < -0.3 is 5.11 Å². The maximum Gasteiger partial charge on any atom is 0.0853 e. The van der Waals surface area contributed by atoms with Gasteiger partial charge in [0.05, 0.1) is 11.8 Å². The first-order valence-corrected chi connectivity index (χ1v) is 6.20. The Kier molecular flexibility index (Phi) is 4.65. The molecule has 0 amide bonds. The van der Waals surface area contributed by atoms with Gasteiger partial charge in [-0.15, -0.1) is 5.10 Å². The maximum atomic E-state index is 10.4. The van der Waals surface area contributed by atoms with Crippen LogP contribution in [-0.4, -0.2) is 49.7 Å². The van der Waals surface area contributed by atoms with Crippen LogP contribution in [0.4, 0.5) is 0 Å². The summed E-state index contributed by atoms with van der Waals surface area (Å²) in [5.74, 6) is 0. The monoisotopic (exact) mass is 240 g/mol. The van der Waals surface area contributed by atoms with Gasteiger partial charge in [0.1, 0.15) is 0 Å². The van der Waals surface area contributed by atoms with Gasteiger partial charge in [0.2, 0.25) is 0 Å². The third kappa shape index (κ3) is 3.26. The van der Waals surface area contributed by atoms with Crippen LogP contribution in [0.3, 0.4) is 0 Å². The Morgan fingerprint density at radius 1 is 1.41 bits per heavy atom. The Labute approximate surface area is 103 Å². The van der Waals surface area contributed by atoms with Gasteiger partial charge in [0.25, 0.3) is 0 Å². The van der Waals surface area contributed by atoms with Crippen LogP contribution in [0, 0.1) is 0 Å². The quantitative estimate of drug-likeness (QED) is 0.800. The van der Waals surface area contributed by atoms with E-state index in [1.165, 1.54) is 0 Å². The van der Waals surface area contributed by atoms with Gasteiger partial charge in [-0.25, -0.2) is 0 Å². The third-order valence-electron chi connectivity index (χ3n) is 3.45. The normalized spacial score (nSPS) is 14.3. The number of nitrogens with zero attached hydrogens (tertiary/aromatic N) is 4. The Morgan fingerprint density at radius 3 is 2.41 bits per heavy atom. The number of hydrogen-bond acceptors (Lipinski definition) is 4. The van der Waals surface area contributed by atoms with E-state index < -0.39 is 6.10 Å². The topological polar surface area (TPSA) is 54.2 Å². The van der Waals surface area contributed by atoms with Crippen molar-refractivity contribution in [2.24, 2.45) is 7.05 Å². The summed E-state index contributed by atoms with van der Waals surface area (Å²) in [6.07, 6.45) is 1.94. The van der Waals surface area contributed by atoms with Crippen LogP contribution in [0.15, 0.2) is 6.20 Å². The van der Waals surface area contributed by atoms with E-state index in [9.17, 15) is 5.11 Å². The van der Waals surface area contributed by atoms with Crippen molar-refractivity contribution in [2.75, 3.05) is 13.1 Å². The average molecular weight is 240 g/mol. The molecular formula is C12H24N4O. The van der Waals surface area contributed by atoms with Crippen LogP contribution in [-0.2, 0) is 13.5 Å². The number of hydrogen-bond donors (Lipinski definition) is 1. The van der Waals surface area contributed by atoms with Crippen molar-refractivity contribution in [2.45, 2.75) is 45.8 Å². The molecule has 0 fully saturated rings. The van der Waals surface area contributed by atoms with Crippen molar-refractivity contribution in [3.63, 3.8) is 0 Å². The van der Waals surface area contributed by atoms with Gasteiger partial charge in [-0.2, -0.15) is 0 Å². The zero-order valence-electron chi connectivity index (χ0n) is 11.5. The smallest absolute Gasteiger partial charge is 0.0853 e. The molecule has 0 saturated carbocycles. The lowest BCUT2D eigenvalue weighted by molar-refractivity contribution is -0.00465. The highest BCUT2D eigenvalue weighted by Crippen LogP contribution is 2.21. The molecule has 1 rings (SSSR count). The third-order valence-corrected chi connectivity index (χ3v) is 3.45. The highest BCUT2D eigenvalue weighted by atomic mass is 16.3. The molecule has 1 aromatic heterocycles. The second-order valence-corrected chi connectivity index (χ2v) is 4.93. The first-order chi connectivity index (χ1) is 7.91. The van der Waals surface area contributed by atoms with Gasteiger partial charge in [-0.3, -0.25) is 9.58 Å². The van der Waals surface area contributed by atoms with E-state index in [1.807, 2.05) is 13.2 Å². The Hall–Kier alpha value is -0.940. The number of aliphatic hydroxyl groups is 1. The fraction of sp³-hybridized carbons (Fsp3) is 0.833. The van der Waals surface area contributed by atoms with Crippen LogP contribution >= 0.6 is 0 Å². The second-order valence-electron chi connectivity index (χ2n) is 4.93. The lowest BCUT2D eigenvalue weighted by atomic mass is 9.91. The van der Waals surface area contributed by atoms with E-state index in [4.69, 9.17) is 0 Å². The minimum absolute atomic E-state index is 0.249. The largest absolute Gasteiger partial charge is 0.391 e. The van der Waals surface area contributed by atoms with Gasteiger partial charge in [0.15, 0.2) is 0 Å². The van der Waals surface area contributed by atoms with E-state index in [1.54, 1.807) is 4.68 Å². The van der Waals surface area contributed by atoms with Crippen LogP contribution < -0.4 is 0 Å². The molecule has 98 valence electrons. The number of aliphatic hydroxyl groups excluding tert-OH is 1. The molecule has 1 atom stereocenters. The molecule has 17 heavy (non-hydrogen) atoms. The average Bonchev–Trinajstić information content (AvgIpc) is 2.65. The van der Waals surface area contributed by atoms with Crippen LogP contribution in [0.1, 0.15) is 33.4 Å². The molecule has 0 radical (unpaired) electrons. The zero-order valence-corrected chi connectivity index (χ0v) is 11.5. The highest BCUT2D eigenvalue weighted by Gasteiger charge is 2.33. The molecule has 1 N–H and O–H groups in total. The summed E-state index contributed by atoms with van der Waals surface area (Å²) < 4.78 is 1.66. The molecule has 5 heteroatoms. The summed E-state index contributed by atoms with van der Waals surface area (Å²) in [6, 6.07) is 0. The van der Waals surface area contributed by atoms with Gasteiger partial charge >= 0.3 is 0 Å². The molecule has 0 spiro atoms. The predicted molar refractivity (Wildman–Crippen MR) is 67.7 cm³/mol. The predicted octanol–water partition coefficient (Wildman–Crippen LogP) is 0.839. The first-order valence-electron chi connectivity index (χ1n) is 6.20. The molecule has 1 aromatic rings. The molecule has 0 aliphatic rings. The number of rotatable bonds is 6. The molecule has 1 unspecified atom stereocenters. The number of aryl methyl sites for hydroxylation is 1. The SMILES string of the molecule is CCN(CC)C(C)(C)C(O)Cc1cn(C)nn1. The second kappa shape index (κ2) is 5.60. The fourth-order valence-corrected chi connectivity index (χ4v) is 2.19. The lowest BCUT2D eigenvalue weighted by Gasteiger charge is -2.40. The van der Waals surface area contributed by atoms with Crippen molar-refractivity contribution >= 4 is 0 Å². The molecule has 0 aliphatic carbocycles. The van der Waals surface area contributed by atoms with E-state index >= 15 is 0 Å². The number of likely N-dealkylation sites (N-methyl/N-ethyl adjacent to an activating group) is 1. The van der Waals surface area contributed by atoms with Crippen molar-refractivity contribution in [3.05, 3.63) is 11.9 Å². The maximum absolute atomic E-state index is 10.4. The summed E-state index contributed by atoms with van der Waals surface area (Å²) in [4.78, 5) is 2.26. The van der Waals surface area contributed by atoms with Gasteiger partial charge in [-0.1, -0.05) is 19.1 Å². The van der Waals surface area contributed by atoms with Crippen LogP contribution in [0.5, 0.6) is 0 Å². The summed E-state index contributed by atoms with van der Waals surface area (Å²) in [5.41, 5.74) is 0.585. The van der Waals surface area contributed by atoms with Crippen molar-refractivity contribution in [1.82, 2.24) is 19.9 Å². The summed E-state index contributed by atoms with van der Waals surface area (Å²) in [5, 5.41) is 18.2. The molecular weight excluding hydrogens is 216 g/mol. The molecule has 0 aromatic carbocycles. The van der Waals surface area contributed by atoms with Crippen molar-refractivity contribution in [3.8, 4) is 0 Å². The van der Waals surface area contributed by atoms with Gasteiger partial charge in [-0.05, 0) is 26.9 Å². The van der Waals surface area contributed by atoms with Crippen LogP contribution in [0.2, 0.25) is 0 Å². The molecule has 5 nitrogen and oxygen atoms in total. The minimum atomic E-state index is -0.445. The first kappa shape index (κ1) is 14.1. The standard InChI is InChI=1S/C12H24N4O/c1-6-16(7-2)12(3,4)11(17)8-10-9-15(5)14-13-10/h9,11,17H,6-8H2,1-5H3. The number of aromatic nitrogens is 3. The van der Waals surface area contributed by atoms with Crippen LogP contribution in [0.25, 0.3) is 0 Å². The van der Waals surface area contributed by atoms with Gasteiger partial charge in [0, 0.05) is 25.2 Å². The summed E-state index contributed by atoms with van der Waals surface area (Å²) in [7, 11) is 1.83. The Bertz CT molecular complexity index is 344. The molecule has 1 heterocycles. The zero-order chi connectivity index (χ0) is 13.1. The van der Waals surface area contributed by atoms with Crippen molar-refractivity contribution < 1.29 is 5.11 Å². The van der Waals surface area contributed by atoms with E-state index in [-0.39, 0.29) is 5.54 Å². The summed E-state index contributed by atoms with van der Waals surface area (Å²) >= 11 is 0. The Morgan fingerprint density at radius 2 is 2.00 bits per heavy atom. The lowest BCUT2D eigenvalue weighted by Crippen LogP contribution is -2.53. The minimum Gasteiger partial charge on any atom is -0.391 e.